The smallest absolute Gasteiger partial charge is 0.302 e. The van der Waals surface area contributed by atoms with Crippen molar-refractivity contribution in [1.82, 2.24) is 0 Å². The van der Waals surface area contributed by atoms with E-state index in [1.165, 1.54) is 6.92 Å². The standard InChI is InChI=1S/C17H20N2O4/c1-13(10-21-14(2)20)9-16(11-18,12-19)15-3-5-17(6-4-15)22-7-8-23-17/h3H,1,4-10H2,2H3. The van der Waals surface area contributed by atoms with Gasteiger partial charge in [0.2, 0.25) is 0 Å². The van der Waals surface area contributed by atoms with Crippen LogP contribution in [0.4, 0.5) is 0 Å². The van der Waals surface area contributed by atoms with Crippen LogP contribution in [0.1, 0.15) is 32.6 Å². The molecule has 1 aliphatic heterocycles. The molecular formula is C17H20N2O4. The molecule has 6 heteroatoms. The molecule has 1 spiro atoms. The molecule has 122 valence electrons. The lowest BCUT2D eigenvalue weighted by molar-refractivity contribution is -0.161. The fraction of sp³-hybridized carbons (Fsp3) is 0.588. The molecule has 1 saturated heterocycles. The Morgan fingerprint density at radius 3 is 2.57 bits per heavy atom. The van der Waals surface area contributed by atoms with Crippen LogP contribution in [0.2, 0.25) is 0 Å². The second kappa shape index (κ2) is 6.95. The zero-order valence-electron chi connectivity index (χ0n) is 13.3. The van der Waals surface area contributed by atoms with E-state index in [0.29, 0.717) is 38.0 Å². The molecule has 1 heterocycles. The summed E-state index contributed by atoms with van der Waals surface area (Å²) in [6.07, 6.45) is 3.74. The van der Waals surface area contributed by atoms with Gasteiger partial charge < -0.3 is 14.2 Å². The first kappa shape index (κ1) is 17.2. The number of rotatable bonds is 5. The Bertz CT molecular complexity index is 589. The molecule has 0 aromatic rings. The molecule has 2 rings (SSSR count). The van der Waals surface area contributed by atoms with Gasteiger partial charge >= 0.3 is 5.97 Å². The number of hydrogen-bond donors (Lipinski definition) is 0. The summed E-state index contributed by atoms with van der Waals surface area (Å²) in [5.74, 6) is -1.01. The van der Waals surface area contributed by atoms with E-state index >= 15 is 0 Å². The van der Waals surface area contributed by atoms with Crippen molar-refractivity contribution in [3.63, 3.8) is 0 Å². The van der Waals surface area contributed by atoms with E-state index in [1.807, 2.05) is 6.08 Å². The summed E-state index contributed by atoms with van der Waals surface area (Å²) in [7, 11) is 0. The molecule has 1 aliphatic carbocycles. The maximum absolute atomic E-state index is 10.9. The second-order valence-electron chi connectivity index (χ2n) is 5.88. The van der Waals surface area contributed by atoms with Crippen LogP contribution in [-0.2, 0) is 19.0 Å². The van der Waals surface area contributed by atoms with Gasteiger partial charge in [-0.25, -0.2) is 0 Å². The third-order valence-corrected chi connectivity index (χ3v) is 4.17. The molecule has 1 fully saturated rings. The van der Waals surface area contributed by atoms with Crippen LogP contribution >= 0.6 is 0 Å². The molecule has 6 nitrogen and oxygen atoms in total. The van der Waals surface area contributed by atoms with Gasteiger partial charge in [0.05, 0.1) is 25.4 Å². The highest BCUT2D eigenvalue weighted by atomic mass is 16.7. The molecule has 23 heavy (non-hydrogen) atoms. The number of carbonyl (C=O) groups excluding carboxylic acids is 1. The number of carbonyl (C=O) groups is 1. The van der Waals surface area contributed by atoms with Crippen molar-refractivity contribution in [3.05, 3.63) is 23.8 Å². The normalized spacial score (nSPS) is 19.5. The first-order chi connectivity index (χ1) is 11.0. The zero-order chi connectivity index (χ0) is 16.9. The summed E-state index contributed by atoms with van der Waals surface area (Å²) in [4.78, 5) is 10.9. The van der Waals surface area contributed by atoms with E-state index in [2.05, 4.69) is 18.7 Å². The first-order valence-electron chi connectivity index (χ1n) is 7.55. The Morgan fingerprint density at radius 2 is 2.09 bits per heavy atom. The first-order valence-corrected chi connectivity index (χ1v) is 7.55. The van der Waals surface area contributed by atoms with Crippen molar-refractivity contribution in [2.75, 3.05) is 19.8 Å². The lowest BCUT2D eigenvalue weighted by Crippen LogP contribution is -2.34. The molecule has 0 saturated carbocycles. The van der Waals surface area contributed by atoms with Crippen LogP contribution in [-0.4, -0.2) is 31.6 Å². The van der Waals surface area contributed by atoms with Crippen molar-refractivity contribution in [2.45, 2.75) is 38.4 Å². The number of hydrogen-bond acceptors (Lipinski definition) is 6. The third-order valence-electron chi connectivity index (χ3n) is 4.17. The van der Waals surface area contributed by atoms with Gasteiger partial charge in [-0.15, -0.1) is 0 Å². The van der Waals surface area contributed by atoms with Gasteiger partial charge in [0, 0.05) is 26.2 Å². The Kier molecular flexibility index (Phi) is 5.20. The minimum atomic E-state index is -1.28. The van der Waals surface area contributed by atoms with Crippen molar-refractivity contribution in [1.29, 1.82) is 10.5 Å². The van der Waals surface area contributed by atoms with Crippen molar-refractivity contribution in [2.24, 2.45) is 5.41 Å². The quantitative estimate of drug-likeness (QED) is 0.571. The number of nitriles is 2. The average Bonchev–Trinajstić information content (AvgIpc) is 3.00. The zero-order valence-corrected chi connectivity index (χ0v) is 13.3. The Labute approximate surface area is 135 Å². The molecule has 0 aromatic heterocycles. The lowest BCUT2D eigenvalue weighted by Gasteiger charge is -2.34. The highest BCUT2D eigenvalue weighted by Crippen LogP contribution is 2.43. The van der Waals surface area contributed by atoms with Crippen LogP contribution in [0.5, 0.6) is 0 Å². The molecule has 2 aliphatic rings. The maximum Gasteiger partial charge on any atom is 0.302 e. The predicted molar refractivity (Wildman–Crippen MR) is 80.6 cm³/mol. The number of nitrogens with zero attached hydrogens (tertiary/aromatic N) is 2. The third kappa shape index (κ3) is 3.79. The summed E-state index contributed by atoms with van der Waals surface area (Å²) in [6.45, 7) is 6.29. The van der Waals surface area contributed by atoms with Crippen LogP contribution in [0, 0.1) is 28.1 Å². The fourth-order valence-electron chi connectivity index (χ4n) is 2.95. The van der Waals surface area contributed by atoms with Gasteiger partial charge in [-0.3, -0.25) is 4.79 Å². The molecule has 0 bridgehead atoms. The van der Waals surface area contributed by atoms with Gasteiger partial charge in [-0.05, 0) is 17.6 Å². The van der Waals surface area contributed by atoms with Crippen LogP contribution in [0.3, 0.4) is 0 Å². The van der Waals surface area contributed by atoms with E-state index in [4.69, 9.17) is 14.2 Å². The summed E-state index contributed by atoms with van der Waals surface area (Å²) < 4.78 is 16.2. The van der Waals surface area contributed by atoms with Crippen LogP contribution in [0.25, 0.3) is 0 Å². The Balaban J connectivity index is 2.10. The second-order valence-corrected chi connectivity index (χ2v) is 5.88. The van der Waals surface area contributed by atoms with Gasteiger partial charge in [-0.1, -0.05) is 12.7 Å². The molecule has 0 radical (unpaired) electrons. The van der Waals surface area contributed by atoms with Gasteiger partial charge in [0.15, 0.2) is 11.2 Å². The fourth-order valence-corrected chi connectivity index (χ4v) is 2.95. The van der Waals surface area contributed by atoms with E-state index in [-0.39, 0.29) is 13.0 Å². The SMILES string of the molecule is C=C(COC(C)=O)CC(C#N)(C#N)C1=CCC2(CC1)OCCO2. The van der Waals surface area contributed by atoms with Crippen molar-refractivity contribution in [3.8, 4) is 12.1 Å². The molecule has 0 amide bonds. The maximum atomic E-state index is 10.9. The Morgan fingerprint density at radius 1 is 1.43 bits per heavy atom. The van der Waals surface area contributed by atoms with E-state index in [1.54, 1.807) is 0 Å². The molecule has 0 aromatic carbocycles. The molecule has 0 unspecified atom stereocenters. The molecule has 0 atom stereocenters. The minimum Gasteiger partial charge on any atom is -0.461 e. The van der Waals surface area contributed by atoms with E-state index in [9.17, 15) is 15.3 Å². The highest BCUT2D eigenvalue weighted by Gasteiger charge is 2.43. The Hall–Kier alpha value is -2.15. The van der Waals surface area contributed by atoms with Gasteiger partial charge in [0.1, 0.15) is 6.61 Å². The summed E-state index contributed by atoms with van der Waals surface area (Å²) in [6, 6.07) is 4.24. The minimum absolute atomic E-state index is 0.0177. The van der Waals surface area contributed by atoms with Crippen LogP contribution in [0.15, 0.2) is 23.8 Å². The predicted octanol–water partition coefficient (Wildman–Crippen LogP) is 2.38. The number of esters is 1. The monoisotopic (exact) mass is 316 g/mol. The summed E-state index contributed by atoms with van der Waals surface area (Å²) in [5.41, 5.74) is 0.0197. The summed E-state index contributed by atoms with van der Waals surface area (Å²) in [5, 5.41) is 19.2. The van der Waals surface area contributed by atoms with Crippen molar-refractivity contribution >= 4 is 5.97 Å². The van der Waals surface area contributed by atoms with E-state index < -0.39 is 17.2 Å². The lowest BCUT2D eigenvalue weighted by atomic mass is 9.73. The topological polar surface area (TPSA) is 92.3 Å². The van der Waals surface area contributed by atoms with E-state index in [0.717, 1.165) is 5.57 Å². The number of ether oxygens (including phenoxy) is 3. The highest BCUT2D eigenvalue weighted by molar-refractivity contribution is 5.66. The summed E-state index contributed by atoms with van der Waals surface area (Å²) >= 11 is 0. The largest absolute Gasteiger partial charge is 0.461 e. The average molecular weight is 316 g/mol. The van der Waals surface area contributed by atoms with Crippen molar-refractivity contribution < 1.29 is 19.0 Å². The van der Waals surface area contributed by atoms with Gasteiger partial charge in [0.25, 0.3) is 0 Å². The molecular weight excluding hydrogens is 296 g/mol. The molecule has 0 N–H and O–H groups in total. The van der Waals surface area contributed by atoms with Gasteiger partial charge in [-0.2, -0.15) is 10.5 Å². The number of allylic oxidation sites excluding steroid dienone is 1. The van der Waals surface area contributed by atoms with Crippen LogP contribution < -0.4 is 0 Å².